The van der Waals surface area contributed by atoms with Crippen LogP contribution in [0.3, 0.4) is 0 Å². The third-order valence-corrected chi connectivity index (χ3v) is 4.30. The molecule has 0 amide bonds. The molecule has 0 aliphatic heterocycles. The highest BCUT2D eigenvalue weighted by molar-refractivity contribution is 9.09. The predicted octanol–water partition coefficient (Wildman–Crippen LogP) is 5.54. The van der Waals surface area contributed by atoms with E-state index in [1.165, 1.54) is 18.2 Å². The maximum atomic E-state index is 13.5. The third kappa shape index (κ3) is 5.47. The van der Waals surface area contributed by atoms with Crippen LogP contribution in [0.15, 0.2) is 28.8 Å². The number of hydrogen-bond acceptors (Lipinski definition) is 5. The summed E-state index contributed by atoms with van der Waals surface area (Å²) in [7, 11) is 0. The Morgan fingerprint density at radius 1 is 1.22 bits per heavy atom. The van der Waals surface area contributed by atoms with E-state index >= 15 is 0 Å². The number of halogens is 4. The van der Waals surface area contributed by atoms with Crippen LogP contribution in [0.5, 0.6) is 5.75 Å². The minimum Gasteiger partial charge on any atom is -0.494 e. The number of esters is 1. The Bertz CT molecular complexity index is 776. The number of hydrogen-bond donors (Lipinski definition) is 0. The first kappa shape index (κ1) is 21.3. The van der Waals surface area contributed by atoms with Crippen LogP contribution in [0, 0.1) is 0 Å². The van der Waals surface area contributed by atoms with Crippen LogP contribution in [0.1, 0.15) is 42.8 Å². The summed E-state index contributed by atoms with van der Waals surface area (Å²) in [5.41, 5.74) is -1.09. The van der Waals surface area contributed by atoms with Crippen molar-refractivity contribution in [2.75, 3.05) is 13.2 Å². The van der Waals surface area contributed by atoms with E-state index in [-0.39, 0.29) is 29.4 Å². The van der Waals surface area contributed by atoms with Crippen LogP contribution >= 0.6 is 15.9 Å². The lowest BCUT2D eigenvalue weighted by Gasteiger charge is -2.13. The Morgan fingerprint density at radius 2 is 1.93 bits per heavy atom. The number of carbonyl (C=O) groups is 1. The molecule has 27 heavy (non-hydrogen) atoms. The topological polar surface area (TPSA) is 61.6 Å². The van der Waals surface area contributed by atoms with Gasteiger partial charge in [-0.2, -0.15) is 13.2 Å². The van der Waals surface area contributed by atoms with E-state index in [0.717, 1.165) is 6.07 Å². The van der Waals surface area contributed by atoms with E-state index in [1.54, 1.807) is 0 Å². The first-order valence-electron chi connectivity index (χ1n) is 8.39. The number of carbonyl (C=O) groups excluding carboxylic acids is 1. The number of alkyl halides is 4. The molecule has 0 spiro atoms. The van der Waals surface area contributed by atoms with Gasteiger partial charge in [-0.25, -0.2) is 0 Å². The molecule has 1 heterocycles. The zero-order chi connectivity index (χ0) is 20.0. The monoisotopic (exact) mass is 449 g/mol. The Morgan fingerprint density at radius 3 is 2.56 bits per heavy atom. The summed E-state index contributed by atoms with van der Waals surface area (Å²) < 4.78 is 55.7. The number of nitrogens with zero attached hydrogens (tertiary/aromatic N) is 1. The normalized spacial score (nSPS) is 12.7. The average molecular weight is 450 g/mol. The van der Waals surface area contributed by atoms with E-state index in [0.29, 0.717) is 19.4 Å². The van der Waals surface area contributed by atoms with E-state index in [1.807, 2.05) is 13.8 Å². The quantitative estimate of drug-likeness (QED) is 0.391. The molecule has 5 nitrogen and oxygen atoms in total. The van der Waals surface area contributed by atoms with Gasteiger partial charge in [-0.15, -0.1) is 0 Å². The second-order valence-electron chi connectivity index (χ2n) is 5.70. The summed E-state index contributed by atoms with van der Waals surface area (Å²) in [5, 5.41) is 3.68. The zero-order valence-corrected chi connectivity index (χ0v) is 16.4. The molecule has 9 heteroatoms. The number of rotatable bonds is 8. The Balaban J connectivity index is 2.32. The molecule has 0 bridgehead atoms. The molecule has 0 fully saturated rings. The summed E-state index contributed by atoms with van der Waals surface area (Å²) in [6, 6.07) is 4.92. The van der Waals surface area contributed by atoms with Crippen molar-refractivity contribution in [1.82, 2.24) is 5.16 Å². The summed E-state index contributed by atoms with van der Waals surface area (Å²) in [4.78, 5) is 10.9. The van der Waals surface area contributed by atoms with Crippen molar-refractivity contribution in [3.63, 3.8) is 0 Å². The maximum absolute atomic E-state index is 13.5. The molecule has 0 saturated carbocycles. The van der Waals surface area contributed by atoms with Gasteiger partial charge in [0.15, 0.2) is 10.6 Å². The van der Waals surface area contributed by atoms with Crippen molar-refractivity contribution < 1.29 is 32.0 Å². The van der Waals surface area contributed by atoms with Crippen LogP contribution in [0.2, 0.25) is 0 Å². The molecule has 148 valence electrons. The number of ether oxygens (including phenoxy) is 2. The molecule has 0 N–H and O–H groups in total. The number of benzene rings is 1. The lowest BCUT2D eigenvalue weighted by Crippen LogP contribution is -2.11. The minimum absolute atomic E-state index is 0.0351. The molecule has 0 aliphatic carbocycles. The SMILES string of the molecule is CCCOC(=O)C(Br)c1cc(-c2ccc(OCCC)cc2C(F)(F)F)no1. The van der Waals surface area contributed by atoms with Gasteiger partial charge < -0.3 is 14.0 Å². The Hall–Kier alpha value is -2.03. The highest BCUT2D eigenvalue weighted by Gasteiger charge is 2.35. The summed E-state index contributed by atoms with van der Waals surface area (Å²) in [5.74, 6) is -0.414. The molecule has 1 atom stereocenters. The molecular weight excluding hydrogens is 431 g/mol. The molecule has 1 unspecified atom stereocenters. The van der Waals surface area contributed by atoms with Crippen molar-refractivity contribution in [2.24, 2.45) is 0 Å². The highest BCUT2D eigenvalue weighted by Crippen LogP contribution is 2.39. The largest absolute Gasteiger partial charge is 0.494 e. The van der Waals surface area contributed by atoms with Crippen molar-refractivity contribution in [3.8, 4) is 17.0 Å². The van der Waals surface area contributed by atoms with Gasteiger partial charge >= 0.3 is 12.1 Å². The van der Waals surface area contributed by atoms with Gasteiger partial charge in [0.2, 0.25) is 0 Å². The van der Waals surface area contributed by atoms with Crippen LogP contribution in [-0.4, -0.2) is 24.3 Å². The molecule has 0 aliphatic rings. The summed E-state index contributed by atoms with van der Waals surface area (Å²) >= 11 is 3.12. The second kappa shape index (κ2) is 9.25. The fourth-order valence-electron chi connectivity index (χ4n) is 2.22. The standard InChI is InChI=1S/C18H19BrF3NO4/c1-3-7-25-11-5-6-12(13(9-11)18(20,21)22)14-10-15(27-23-14)16(19)17(24)26-8-4-2/h5-6,9-10,16H,3-4,7-8H2,1-2H3. The first-order chi connectivity index (χ1) is 12.8. The molecule has 0 saturated heterocycles. The van der Waals surface area contributed by atoms with Crippen LogP contribution in [-0.2, 0) is 15.7 Å². The van der Waals surface area contributed by atoms with E-state index < -0.39 is 22.5 Å². The van der Waals surface area contributed by atoms with Gasteiger partial charge in [0.05, 0.1) is 18.8 Å². The van der Waals surface area contributed by atoms with Crippen molar-refractivity contribution in [1.29, 1.82) is 0 Å². The second-order valence-corrected chi connectivity index (χ2v) is 6.61. The minimum atomic E-state index is -4.60. The Kier molecular flexibility index (Phi) is 7.29. The molecule has 1 aromatic heterocycles. The first-order valence-corrected chi connectivity index (χ1v) is 9.31. The van der Waals surface area contributed by atoms with Crippen molar-refractivity contribution in [3.05, 3.63) is 35.6 Å². The van der Waals surface area contributed by atoms with Gasteiger partial charge in [-0.05, 0) is 31.0 Å². The highest BCUT2D eigenvalue weighted by atomic mass is 79.9. The molecule has 2 aromatic rings. The van der Waals surface area contributed by atoms with E-state index in [4.69, 9.17) is 14.0 Å². The lowest BCUT2D eigenvalue weighted by molar-refractivity contribution is -0.143. The van der Waals surface area contributed by atoms with Crippen molar-refractivity contribution >= 4 is 21.9 Å². The predicted molar refractivity (Wildman–Crippen MR) is 95.6 cm³/mol. The Labute approximate surface area is 162 Å². The van der Waals surface area contributed by atoms with Gasteiger partial charge in [-0.1, -0.05) is 34.9 Å². The van der Waals surface area contributed by atoms with Gasteiger partial charge in [0.25, 0.3) is 0 Å². The van der Waals surface area contributed by atoms with E-state index in [9.17, 15) is 18.0 Å². The van der Waals surface area contributed by atoms with Crippen LogP contribution in [0.4, 0.5) is 13.2 Å². The average Bonchev–Trinajstić information content (AvgIpc) is 3.12. The van der Waals surface area contributed by atoms with Gasteiger partial charge in [-0.3, -0.25) is 4.79 Å². The lowest BCUT2D eigenvalue weighted by atomic mass is 10.0. The number of aromatic nitrogens is 1. The molecule has 2 rings (SSSR count). The molecule has 0 radical (unpaired) electrons. The van der Waals surface area contributed by atoms with Crippen LogP contribution < -0.4 is 4.74 Å². The zero-order valence-electron chi connectivity index (χ0n) is 14.8. The third-order valence-electron chi connectivity index (χ3n) is 3.48. The van der Waals surface area contributed by atoms with Crippen molar-refractivity contribution in [2.45, 2.75) is 37.7 Å². The van der Waals surface area contributed by atoms with E-state index in [2.05, 4.69) is 21.1 Å². The van der Waals surface area contributed by atoms with Gasteiger partial charge in [0.1, 0.15) is 11.4 Å². The molecular formula is C18H19BrF3NO4. The van der Waals surface area contributed by atoms with Crippen LogP contribution in [0.25, 0.3) is 11.3 Å². The van der Waals surface area contributed by atoms with Gasteiger partial charge in [0, 0.05) is 11.6 Å². The fourth-order valence-corrected chi connectivity index (χ4v) is 2.57. The summed E-state index contributed by atoms with van der Waals surface area (Å²) in [6.07, 6.45) is -3.28. The summed E-state index contributed by atoms with van der Waals surface area (Å²) in [6.45, 7) is 4.25. The fraction of sp³-hybridized carbons (Fsp3) is 0.444. The maximum Gasteiger partial charge on any atom is 0.417 e. The smallest absolute Gasteiger partial charge is 0.417 e. The molecule has 1 aromatic carbocycles.